The zero-order valence-electron chi connectivity index (χ0n) is 18.1. The normalized spacial score (nSPS) is 19.0. The molecule has 0 radical (unpaired) electrons. The van der Waals surface area contributed by atoms with Gasteiger partial charge >= 0.3 is 5.97 Å². The predicted molar refractivity (Wildman–Crippen MR) is 112 cm³/mol. The van der Waals surface area contributed by atoms with Gasteiger partial charge in [-0.1, -0.05) is 13.8 Å². The van der Waals surface area contributed by atoms with Gasteiger partial charge in [0.2, 0.25) is 17.7 Å². The van der Waals surface area contributed by atoms with Gasteiger partial charge in [-0.3, -0.25) is 14.4 Å². The molecule has 1 fully saturated rings. The van der Waals surface area contributed by atoms with Crippen molar-refractivity contribution in [3.63, 3.8) is 0 Å². The van der Waals surface area contributed by atoms with Crippen LogP contribution in [0.2, 0.25) is 0 Å². The lowest BCUT2D eigenvalue weighted by molar-refractivity contribution is -0.149. The molecule has 0 saturated carbocycles. The summed E-state index contributed by atoms with van der Waals surface area (Å²) in [7, 11) is 0. The number of amides is 3. The lowest BCUT2D eigenvalue weighted by Crippen LogP contribution is -2.56. The van der Waals surface area contributed by atoms with Gasteiger partial charge in [0.15, 0.2) is 0 Å². The number of carboxylic acid groups (broad SMARTS) is 1. The summed E-state index contributed by atoms with van der Waals surface area (Å²) in [5.41, 5.74) is 6.59. The first kappa shape index (κ1) is 24.3. The number of H-pyrrole nitrogens is 1. The second kappa shape index (κ2) is 10.9. The number of nitrogens with one attached hydrogen (secondary N) is 3. The molecule has 0 bridgehead atoms. The van der Waals surface area contributed by atoms with Crippen LogP contribution in [0.5, 0.6) is 0 Å². The van der Waals surface area contributed by atoms with Gasteiger partial charge in [0.1, 0.15) is 18.1 Å². The second-order valence-electron chi connectivity index (χ2n) is 8.34. The maximum Gasteiger partial charge on any atom is 0.326 e. The van der Waals surface area contributed by atoms with E-state index < -0.39 is 47.9 Å². The monoisotopic (exact) mass is 436 g/mol. The largest absolute Gasteiger partial charge is 0.480 e. The van der Waals surface area contributed by atoms with E-state index in [1.54, 1.807) is 6.20 Å². The number of carboxylic acids is 1. The summed E-state index contributed by atoms with van der Waals surface area (Å²) < 4.78 is 0. The van der Waals surface area contributed by atoms with E-state index in [0.29, 0.717) is 31.5 Å². The summed E-state index contributed by atoms with van der Waals surface area (Å²) in [6, 6.07) is -3.54. The molecular weight excluding hydrogens is 404 g/mol. The molecule has 4 unspecified atom stereocenters. The van der Waals surface area contributed by atoms with E-state index in [1.807, 2.05) is 13.8 Å². The number of nitrogens with two attached hydrogens (primary N) is 1. The van der Waals surface area contributed by atoms with Crippen molar-refractivity contribution in [2.45, 2.75) is 70.6 Å². The van der Waals surface area contributed by atoms with E-state index in [-0.39, 0.29) is 12.3 Å². The maximum atomic E-state index is 13.0. The van der Waals surface area contributed by atoms with Gasteiger partial charge in [-0.15, -0.1) is 0 Å². The Morgan fingerprint density at radius 1 is 1.26 bits per heavy atom. The van der Waals surface area contributed by atoms with Crippen molar-refractivity contribution in [1.82, 2.24) is 25.5 Å². The highest BCUT2D eigenvalue weighted by Crippen LogP contribution is 2.20. The van der Waals surface area contributed by atoms with E-state index in [0.717, 1.165) is 0 Å². The third kappa shape index (κ3) is 6.78. The molecule has 2 heterocycles. The van der Waals surface area contributed by atoms with Crippen LogP contribution in [0.3, 0.4) is 0 Å². The third-order valence-corrected chi connectivity index (χ3v) is 5.23. The van der Waals surface area contributed by atoms with Gasteiger partial charge < -0.3 is 31.4 Å². The predicted octanol–water partition coefficient (Wildman–Crippen LogP) is -0.609. The zero-order valence-corrected chi connectivity index (χ0v) is 18.1. The summed E-state index contributed by atoms with van der Waals surface area (Å²) in [6.07, 6.45) is 4.63. The molecule has 0 aliphatic carbocycles. The van der Waals surface area contributed by atoms with Gasteiger partial charge in [-0.2, -0.15) is 0 Å². The maximum absolute atomic E-state index is 13.0. The average molecular weight is 437 g/mol. The number of aromatic amines is 1. The summed E-state index contributed by atoms with van der Waals surface area (Å²) in [4.78, 5) is 57.5. The molecule has 3 amide bonds. The van der Waals surface area contributed by atoms with Gasteiger partial charge in [0.25, 0.3) is 0 Å². The Labute approximate surface area is 181 Å². The summed E-state index contributed by atoms with van der Waals surface area (Å²) in [5, 5.41) is 14.6. The lowest BCUT2D eigenvalue weighted by atomic mass is 10.0. The van der Waals surface area contributed by atoms with E-state index in [4.69, 9.17) is 5.73 Å². The number of hydrogen-bond donors (Lipinski definition) is 5. The van der Waals surface area contributed by atoms with Crippen LogP contribution in [-0.2, 0) is 25.6 Å². The molecule has 6 N–H and O–H groups in total. The fourth-order valence-electron chi connectivity index (χ4n) is 3.59. The molecule has 31 heavy (non-hydrogen) atoms. The molecule has 0 spiro atoms. The standard InChI is InChI=1S/C20H32N6O5/c1-11(2)7-15(19(29)26-6-4-5-16(26)20(30)31)25-17(27)12(3)24-18(28)14(21)8-13-9-22-10-23-13/h9-12,14-16H,4-8,21H2,1-3H3,(H,22,23)(H,24,28)(H,25,27)(H,30,31). The van der Waals surface area contributed by atoms with Crippen molar-refractivity contribution in [2.24, 2.45) is 11.7 Å². The molecule has 1 aliphatic rings. The van der Waals surface area contributed by atoms with Crippen molar-refractivity contribution in [3.05, 3.63) is 18.2 Å². The highest BCUT2D eigenvalue weighted by molar-refractivity contribution is 5.94. The quantitative estimate of drug-likeness (QED) is 0.326. The Balaban J connectivity index is 1.98. The number of hydrogen-bond acceptors (Lipinski definition) is 6. The third-order valence-electron chi connectivity index (χ3n) is 5.23. The van der Waals surface area contributed by atoms with Crippen molar-refractivity contribution in [1.29, 1.82) is 0 Å². The van der Waals surface area contributed by atoms with Crippen LogP contribution in [0.15, 0.2) is 12.5 Å². The van der Waals surface area contributed by atoms with Gasteiger partial charge in [-0.25, -0.2) is 9.78 Å². The van der Waals surface area contributed by atoms with Crippen LogP contribution in [0.25, 0.3) is 0 Å². The van der Waals surface area contributed by atoms with E-state index in [2.05, 4.69) is 20.6 Å². The number of nitrogens with zero attached hydrogens (tertiary/aromatic N) is 2. The van der Waals surface area contributed by atoms with Crippen molar-refractivity contribution in [2.75, 3.05) is 6.54 Å². The molecule has 2 rings (SSSR count). The number of likely N-dealkylation sites (tertiary alicyclic amines) is 1. The second-order valence-corrected chi connectivity index (χ2v) is 8.34. The summed E-state index contributed by atoms with van der Waals surface area (Å²) in [6.45, 7) is 5.66. The fourth-order valence-corrected chi connectivity index (χ4v) is 3.59. The number of rotatable bonds is 10. The highest BCUT2D eigenvalue weighted by atomic mass is 16.4. The van der Waals surface area contributed by atoms with Crippen LogP contribution in [0.4, 0.5) is 0 Å². The molecule has 0 aromatic carbocycles. The Bertz CT molecular complexity index is 781. The van der Waals surface area contributed by atoms with Crippen molar-refractivity contribution in [3.8, 4) is 0 Å². The summed E-state index contributed by atoms with van der Waals surface area (Å²) in [5.74, 6) is -2.41. The van der Waals surface area contributed by atoms with Crippen LogP contribution >= 0.6 is 0 Å². The number of carbonyl (C=O) groups is 4. The molecule has 1 aromatic heterocycles. The first-order chi connectivity index (χ1) is 14.6. The smallest absolute Gasteiger partial charge is 0.326 e. The van der Waals surface area contributed by atoms with Gasteiger partial charge in [-0.05, 0) is 32.1 Å². The molecule has 1 aliphatic heterocycles. The molecule has 1 aromatic rings. The highest BCUT2D eigenvalue weighted by Gasteiger charge is 2.38. The first-order valence-corrected chi connectivity index (χ1v) is 10.5. The van der Waals surface area contributed by atoms with Crippen LogP contribution in [-0.4, -0.2) is 74.4 Å². The number of aromatic nitrogens is 2. The van der Waals surface area contributed by atoms with Crippen molar-refractivity contribution >= 4 is 23.7 Å². The average Bonchev–Trinajstić information content (AvgIpc) is 3.38. The minimum Gasteiger partial charge on any atom is -0.480 e. The van der Waals surface area contributed by atoms with Gasteiger partial charge in [0, 0.05) is 24.9 Å². The first-order valence-electron chi connectivity index (χ1n) is 10.5. The van der Waals surface area contributed by atoms with E-state index in [1.165, 1.54) is 18.2 Å². The number of carbonyl (C=O) groups excluding carboxylic acids is 3. The fraction of sp³-hybridized carbons (Fsp3) is 0.650. The molecule has 11 heteroatoms. The van der Waals surface area contributed by atoms with Crippen LogP contribution in [0.1, 0.15) is 45.7 Å². The van der Waals surface area contributed by atoms with Crippen molar-refractivity contribution < 1.29 is 24.3 Å². The Hall–Kier alpha value is -2.95. The molecular formula is C20H32N6O5. The Morgan fingerprint density at radius 3 is 2.55 bits per heavy atom. The summed E-state index contributed by atoms with van der Waals surface area (Å²) >= 11 is 0. The Kier molecular flexibility index (Phi) is 8.55. The van der Waals surface area contributed by atoms with Crippen LogP contribution in [0, 0.1) is 5.92 Å². The molecule has 1 saturated heterocycles. The van der Waals surface area contributed by atoms with Gasteiger partial charge in [0.05, 0.1) is 12.4 Å². The van der Waals surface area contributed by atoms with E-state index >= 15 is 0 Å². The minimum absolute atomic E-state index is 0.0906. The molecule has 4 atom stereocenters. The Morgan fingerprint density at radius 2 is 1.97 bits per heavy atom. The SMILES string of the molecule is CC(C)CC(NC(=O)C(C)NC(=O)C(N)Cc1cnc[nH]1)C(=O)N1CCCC1C(=O)O. The number of imidazole rings is 1. The van der Waals surface area contributed by atoms with Crippen LogP contribution < -0.4 is 16.4 Å². The lowest BCUT2D eigenvalue weighted by Gasteiger charge is -2.29. The molecule has 11 nitrogen and oxygen atoms in total. The molecule has 172 valence electrons. The number of aliphatic carboxylic acids is 1. The minimum atomic E-state index is -1.05. The topological polar surface area (TPSA) is 171 Å². The van der Waals surface area contributed by atoms with E-state index in [9.17, 15) is 24.3 Å². The zero-order chi connectivity index (χ0) is 23.1.